The van der Waals surface area contributed by atoms with Crippen LogP contribution in [0.4, 0.5) is 5.69 Å². The molecule has 1 N–H and O–H groups in total. The Bertz CT molecular complexity index is 359. The molecule has 0 bridgehead atoms. The number of hydrogen-bond donors (Lipinski definition) is 1. The number of rotatable bonds is 4. The molecule has 1 fully saturated rings. The van der Waals surface area contributed by atoms with Gasteiger partial charge in [-0.2, -0.15) is 11.8 Å². The molecule has 17 heavy (non-hydrogen) atoms. The maximum absolute atomic E-state index is 3.55. The summed E-state index contributed by atoms with van der Waals surface area (Å²) in [5.74, 6) is 1.27. The molecule has 0 aliphatic carbocycles. The van der Waals surface area contributed by atoms with E-state index in [1.54, 1.807) is 0 Å². The van der Waals surface area contributed by atoms with Crippen LogP contribution in [0.25, 0.3) is 0 Å². The van der Waals surface area contributed by atoms with Gasteiger partial charge in [0.2, 0.25) is 0 Å². The van der Waals surface area contributed by atoms with Crippen molar-refractivity contribution in [1.29, 1.82) is 0 Å². The molecule has 0 aromatic heterocycles. The molecule has 1 aliphatic rings. The van der Waals surface area contributed by atoms with Gasteiger partial charge >= 0.3 is 0 Å². The Kier molecular flexibility index (Phi) is 5.19. The minimum absolute atomic E-state index is 0.784. The van der Waals surface area contributed by atoms with Gasteiger partial charge in [0.05, 0.1) is 0 Å². The van der Waals surface area contributed by atoms with E-state index in [0.717, 1.165) is 22.8 Å². The van der Waals surface area contributed by atoms with E-state index in [9.17, 15) is 0 Å². The average Bonchev–Trinajstić information content (AvgIpc) is 2.32. The van der Waals surface area contributed by atoms with Gasteiger partial charge in [-0.15, -0.1) is 0 Å². The molecular weight excluding hydrogens is 296 g/mol. The first-order valence-electron chi connectivity index (χ1n) is 6.08. The topological polar surface area (TPSA) is 15.3 Å². The zero-order valence-corrected chi connectivity index (χ0v) is 12.6. The quantitative estimate of drug-likeness (QED) is 0.918. The van der Waals surface area contributed by atoms with Crippen LogP contribution < -0.4 is 5.32 Å². The Morgan fingerprint density at radius 3 is 3.06 bits per heavy atom. The highest BCUT2D eigenvalue weighted by atomic mass is 79.9. The average molecular weight is 315 g/mol. The van der Waals surface area contributed by atoms with Crippen molar-refractivity contribution < 1.29 is 0 Å². The van der Waals surface area contributed by atoms with Gasteiger partial charge in [-0.3, -0.25) is 4.90 Å². The molecule has 1 aromatic rings. The summed E-state index contributed by atoms with van der Waals surface area (Å²) in [7, 11) is 0. The Morgan fingerprint density at radius 2 is 2.29 bits per heavy atom. The third kappa shape index (κ3) is 4.19. The monoisotopic (exact) mass is 314 g/mol. The molecule has 1 aromatic carbocycles. The fourth-order valence-corrected chi connectivity index (χ4v) is 3.55. The van der Waals surface area contributed by atoms with E-state index < -0.39 is 0 Å². The normalized spacial score (nSPS) is 21.4. The molecule has 0 spiro atoms. The fraction of sp³-hybridized carbons (Fsp3) is 0.538. The zero-order valence-electron chi connectivity index (χ0n) is 10.2. The Hall–Kier alpha value is -0.190. The predicted octanol–water partition coefficient (Wildman–Crippen LogP) is 3.30. The van der Waals surface area contributed by atoms with Gasteiger partial charge in [0.15, 0.2) is 0 Å². The highest BCUT2D eigenvalue weighted by Gasteiger charge is 2.15. The number of halogens is 1. The standard InChI is InChI=1S/C13H19BrN2S/c1-11-10-16(8-9-17-11)7-6-15-13-5-3-2-4-12(13)14/h2-5,11,15H,6-10H2,1H3. The first kappa shape index (κ1) is 13.2. The molecule has 1 saturated heterocycles. The molecule has 2 nitrogen and oxygen atoms in total. The summed E-state index contributed by atoms with van der Waals surface area (Å²) < 4.78 is 1.14. The molecule has 2 rings (SSSR count). The lowest BCUT2D eigenvalue weighted by Gasteiger charge is -2.30. The van der Waals surface area contributed by atoms with Crippen molar-refractivity contribution in [1.82, 2.24) is 4.90 Å². The smallest absolute Gasteiger partial charge is 0.0485 e. The lowest BCUT2D eigenvalue weighted by atomic mass is 10.3. The van der Waals surface area contributed by atoms with Crippen LogP contribution in [0.3, 0.4) is 0 Å². The minimum Gasteiger partial charge on any atom is -0.383 e. The lowest BCUT2D eigenvalue weighted by molar-refractivity contribution is 0.297. The highest BCUT2D eigenvalue weighted by molar-refractivity contribution is 9.10. The second-order valence-electron chi connectivity index (χ2n) is 4.39. The van der Waals surface area contributed by atoms with Gasteiger partial charge in [-0.25, -0.2) is 0 Å². The number of benzene rings is 1. The fourth-order valence-electron chi connectivity index (χ4n) is 2.05. The molecule has 0 saturated carbocycles. The molecule has 4 heteroatoms. The van der Waals surface area contributed by atoms with Crippen LogP contribution in [0, 0.1) is 0 Å². The zero-order chi connectivity index (χ0) is 12.1. The molecule has 1 unspecified atom stereocenters. The van der Waals surface area contributed by atoms with Crippen LogP contribution in [0.5, 0.6) is 0 Å². The Labute approximate surface area is 116 Å². The van der Waals surface area contributed by atoms with Crippen molar-refractivity contribution >= 4 is 33.4 Å². The number of hydrogen-bond acceptors (Lipinski definition) is 3. The van der Waals surface area contributed by atoms with E-state index in [4.69, 9.17) is 0 Å². The molecule has 1 aliphatic heterocycles. The van der Waals surface area contributed by atoms with Gasteiger partial charge in [-0.05, 0) is 28.1 Å². The van der Waals surface area contributed by atoms with E-state index in [2.05, 4.69) is 63.0 Å². The van der Waals surface area contributed by atoms with Crippen molar-refractivity contribution in [3.05, 3.63) is 28.7 Å². The van der Waals surface area contributed by atoms with E-state index in [0.29, 0.717) is 0 Å². The third-order valence-electron chi connectivity index (χ3n) is 2.94. The molecular formula is C13H19BrN2S. The maximum atomic E-state index is 3.55. The van der Waals surface area contributed by atoms with Gasteiger partial charge in [0.1, 0.15) is 0 Å². The van der Waals surface area contributed by atoms with Crippen LogP contribution in [0.15, 0.2) is 28.7 Å². The van der Waals surface area contributed by atoms with Gasteiger partial charge in [-0.1, -0.05) is 19.1 Å². The Morgan fingerprint density at radius 1 is 1.47 bits per heavy atom. The molecule has 1 heterocycles. The summed E-state index contributed by atoms with van der Waals surface area (Å²) in [5.41, 5.74) is 1.19. The van der Waals surface area contributed by atoms with Gasteiger partial charge in [0.25, 0.3) is 0 Å². The first-order chi connectivity index (χ1) is 8.25. The van der Waals surface area contributed by atoms with E-state index >= 15 is 0 Å². The molecule has 0 amide bonds. The second-order valence-corrected chi connectivity index (χ2v) is 6.79. The minimum atomic E-state index is 0.784. The van der Waals surface area contributed by atoms with Crippen LogP contribution in [-0.4, -0.2) is 42.1 Å². The van der Waals surface area contributed by atoms with Crippen LogP contribution in [0.1, 0.15) is 6.92 Å². The van der Waals surface area contributed by atoms with Crippen molar-refractivity contribution in [3.8, 4) is 0 Å². The summed E-state index contributed by atoms with van der Waals surface area (Å²) in [5, 5.41) is 4.26. The number of nitrogens with zero attached hydrogens (tertiary/aromatic N) is 1. The second kappa shape index (κ2) is 6.66. The highest BCUT2D eigenvalue weighted by Crippen LogP contribution is 2.21. The summed E-state index contributed by atoms with van der Waals surface area (Å²) in [4.78, 5) is 2.55. The SMILES string of the molecule is CC1CN(CCNc2ccccc2Br)CCS1. The van der Waals surface area contributed by atoms with E-state index in [1.807, 2.05) is 6.07 Å². The molecule has 94 valence electrons. The van der Waals surface area contributed by atoms with Gasteiger partial charge < -0.3 is 5.32 Å². The molecule has 1 atom stereocenters. The van der Waals surface area contributed by atoms with Crippen molar-refractivity contribution in [2.75, 3.05) is 37.2 Å². The van der Waals surface area contributed by atoms with E-state index in [-0.39, 0.29) is 0 Å². The predicted molar refractivity (Wildman–Crippen MR) is 81.0 cm³/mol. The molecule has 0 radical (unpaired) electrons. The first-order valence-corrected chi connectivity index (χ1v) is 7.92. The summed E-state index contributed by atoms with van der Waals surface area (Å²) in [6, 6.07) is 8.28. The maximum Gasteiger partial charge on any atom is 0.0485 e. The number of para-hydroxylation sites is 1. The number of anilines is 1. The van der Waals surface area contributed by atoms with E-state index in [1.165, 1.54) is 24.5 Å². The van der Waals surface area contributed by atoms with Crippen LogP contribution >= 0.6 is 27.7 Å². The van der Waals surface area contributed by atoms with Crippen molar-refractivity contribution in [2.45, 2.75) is 12.2 Å². The number of thioether (sulfide) groups is 1. The van der Waals surface area contributed by atoms with Crippen molar-refractivity contribution in [2.24, 2.45) is 0 Å². The van der Waals surface area contributed by atoms with Gasteiger partial charge in [0, 0.05) is 47.3 Å². The largest absolute Gasteiger partial charge is 0.383 e. The summed E-state index contributed by atoms with van der Waals surface area (Å²) in [6.07, 6.45) is 0. The van der Waals surface area contributed by atoms with Crippen LogP contribution in [0.2, 0.25) is 0 Å². The third-order valence-corrected chi connectivity index (χ3v) is 4.77. The van der Waals surface area contributed by atoms with Crippen molar-refractivity contribution in [3.63, 3.8) is 0 Å². The lowest BCUT2D eigenvalue weighted by Crippen LogP contribution is -2.39. The number of nitrogens with one attached hydrogen (secondary N) is 1. The summed E-state index contributed by atoms with van der Waals surface area (Å²) in [6.45, 7) is 6.92. The van der Waals surface area contributed by atoms with Crippen LogP contribution in [-0.2, 0) is 0 Å². The summed E-state index contributed by atoms with van der Waals surface area (Å²) >= 11 is 5.64. The Balaban J connectivity index is 1.74.